The molecule has 0 amide bonds. The van der Waals surface area contributed by atoms with E-state index in [-0.39, 0.29) is 24.0 Å². The van der Waals surface area contributed by atoms with Crippen molar-refractivity contribution in [2.24, 2.45) is 10.9 Å². The van der Waals surface area contributed by atoms with Crippen LogP contribution in [0.4, 0.5) is 0 Å². The molecule has 1 aromatic heterocycles. The first-order valence-electron chi connectivity index (χ1n) is 10.0. The summed E-state index contributed by atoms with van der Waals surface area (Å²) in [5.74, 6) is 1.69. The van der Waals surface area contributed by atoms with Crippen molar-refractivity contribution in [1.82, 2.24) is 24.7 Å². The van der Waals surface area contributed by atoms with Crippen LogP contribution in [-0.4, -0.2) is 84.8 Å². The maximum Gasteiger partial charge on any atom is 0.193 e. The van der Waals surface area contributed by atoms with Crippen LogP contribution in [-0.2, 0) is 4.74 Å². The standard InChI is InChI=1S/C19H34N6O.HI/c1-17-5-9-24(15-18(17)25-10-7-21-16-25)19(20-2)22-6-3-4-8-23-11-13-26-14-12-23;/h7,10,16-18H,3-6,8-9,11-15H2,1-2H3,(H,20,22);1H. The lowest BCUT2D eigenvalue weighted by Gasteiger charge is -2.39. The number of morpholine rings is 1. The highest BCUT2D eigenvalue weighted by molar-refractivity contribution is 14.0. The second-order valence-corrected chi connectivity index (χ2v) is 7.42. The molecule has 2 fully saturated rings. The Morgan fingerprint density at radius 3 is 2.78 bits per heavy atom. The summed E-state index contributed by atoms with van der Waals surface area (Å²) < 4.78 is 7.64. The van der Waals surface area contributed by atoms with E-state index in [1.54, 1.807) is 0 Å². The maximum absolute atomic E-state index is 5.40. The van der Waals surface area contributed by atoms with Crippen LogP contribution in [0.2, 0.25) is 0 Å². The number of nitrogens with one attached hydrogen (secondary N) is 1. The van der Waals surface area contributed by atoms with E-state index in [0.29, 0.717) is 12.0 Å². The number of guanidine groups is 1. The maximum atomic E-state index is 5.40. The number of nitrogens with zero attached hydrogens (tertiary/aromatic N) is 5. The molecular weight excluding hydrogens is 455 g/mol. The van der Waals surface area contributed by atoms with Crippen molar-refractivity contribution >= 4 is 29.9 Å². The number of aromatic nitrogens is 2. The van der Waals surface area contributed by atoms with Gasteiger partial charge in [0.05, 0.1) is 25.6 Å². The van der Waals surface area contributed by atoms with Gasteiger partial charge in [0.25, 0.3) is 0 Å². The van der Waals surface area contributed by atoms with Crippen LogP contribution >= 0.6 is 24.0 Å². The zero-order valence-corrected chi connectivity index (χ0v) is 19.0. The van der Waals surface area contributed by atoms with Crippen LogP contribution in [0, 0.1) is 5.92 Å². The van der Waals surface area contributed by atoms with Gasteiger partial charge in [-0.2, -0.15) is 0 Å². The molecule has 2 aliphatic rings. The highest BCUT2D eigenvalue weighted by atomic mass is 127. The van der Waals surface area contributed by atoms with Gasteiger partial charge in [0.1, 0.15) is 0 Å². The van der Waals surface area contributed by atoms with Gasteiger partial charge in [-0.05, 0) is 31.7 Å². The number of ether oxygens (including phenoxy) is 1. The molecule has 3 rings (SSSR count). The minimum atomic E-state index is 0. The lowest BCUT2D eigenvalue weighted by molar-refractivity contribution is 0.0372. The molecule has 3 heterocycles. The van der Waals surface area contributed by atoms with Gasteiger partial charge in [0.2, 0.25) is 0 Å². The van der Waals surface area contributed by atoms with Gasteiger partial charge in [-0.3, -0.25) is 9.89 Å². The molecule has 8 heteroatoms. The van der Waals surface area contributed by atoms with Gasteiger partial charge >= 0.3 is 0 Å². The number of halogens is 1. The van der Waals surface area contributed by atoms with Crippen LogP contribution in [0.5, 0.6) is 0 Å². The average molecular weight is 490 g/mol. The Balaban J connectivity index is 0.00000261. The van der Waals surface area contributed by atoms with E-state index < -0.39 is 0 Å². The van der Waals surface area contributed by atoms with Crippen molar-refractivity contribution in [2.45, 2.75) is 32.2 Å². The molecule has 1 N–H and O–H groups in total. The first-order valence-corrected chi connectivity index (χ1v) is 10.0. The molecule has 0 spiro atoms. The second-order valence-electron chi connectivity index (χ2n) is 7.42. The van der Waals surface area contributed by atoms with Gasteiger partial charge < -0.3 is 19.5 Å². The first-order chi connectivity index (χ1) is 12.8. The Morgan fingerprint density at radius 1 is 1.26 bits per heavy atom. The summed E-state index contributed by atoms with van der Waals surface area (Å²) in [4.78, 5) is 13.6. The lowest BCUT2D eigenvalue weighted by Crippen LogP contribution is -2.49. The minimum Gasteiger partial charge on any atom is -0.379 e. The number of imidazole rings is 1. The van der Waals surface area contributed by atoms with E-state index in [1.165, 1.54) is 25.8 Å². The monoisotopic (exact) mass is 490 g/mol. The lowest BCUT2D eigenvalue weighted by atomic mass is 9.93. The molecule has 0 bridgehead atoms. The van der Waals surface area contributed by atoms with E-state index >= 15 is 0 Å². The van der Waals surface area contributed by atoms with Gasteiger partial charge in [-0.15, -0.1) is 24.0 Å². The summed E-state index contributed by atoms with van der Waals surface area (Å²) in [5.41, 5.74) is 0. The predicted octanol–water partition coefficient (Wildman–Crippen LogP) is 2.07. The van der Waals surface area contributed by atoms with Gasteiger partial charge in [0, 0.05) is 52.2 Å². The number of likely N-dealkylation sites (tertiary alicyclic amines) is 1. The van der Waals surface area contributed by atoms with Crippen molar-refractivity contribution in [1.29, 1.82) is 0 Å². The quantitative estimate of drug-likeness (QED) is 0.287. The Morgan fingerprint density at radius 2 is 2.07 bits per heavy atom. The van der Waals surface area contributed by atoms with Gasteiger partial charge in [0.15, 0.2) is 5.96 Å². The molecular formula is C19H35IN6O. The third kappa shape index (κ3) is 6.60. The van der Waals surface area contributed by atoms with Crippen molar-refractivity contribution < 1.29 is 4.74 Å². The molecule has 0 radical (unpaired) electrons. The summed E-state index contributed by atoms with van der Waals surface area (Å²) >= 11 is 0. The van der Waals surface area contributed by atoms with E-state index in [9.17, 15) is 0 Å². The Labute approximate surface area is 180 Å². The van der Waals surface area contributed by atoms with Crippen LogP contribution in [0.1, 0.15) is 32.2 Å². The molecule has 2 atom stereocenters. The number of hydrogen-bond donors (Lipinski definition) is 1. The topological polar surface area (TPSA) is 57.9 Å². The number of unbranched alkanes of at least 4 members (excludes halogenated alkanes) is 1. The van der Waals surface area contributed by atoms with Crippen LogP contribution in [0.15, 0.2) is 23.7 Å². The molecule has 0 aliphatic carbocycles. The summed E-state index contributed by atoms with van der Waals surface area (Å²) in [6.07, 6.45) is 9.46. The molecule has 2 saturated heterocycles. The molecule has 1 aromatic rings. The smallest absolute Gasteiger partial charge is 0.193 e. The van der Waals surface area contributed by atoms with E-state index in [0.717, 1.165) is 51.9 Å². The molecule has 0 aromatic carbocycles. The van der Waals surface area contributed by atoms with Gasteiger partial charge in [-0.1, -0.05) is 6.92 Å². The summed E-state index contributed by atoms with van der Waals surface area (Å²) in [5, 5.41) is 3.57. The van der Waals surface area contributed by atoms with Crippen LogP contribution in [0.3, 0.4) is 0 Å². The molecule has 7 nitrogen and oxygen atoms in total. The highest BCUT2D eigenvalue weighted by Crippen LogP contribution is 2.27. The normalized spacial score (nSPS) is 24.5. The highest BCUT2D eigenvalue weighted by Gasteiger charge is 2.28. The van der Waals surface area contributed by atoms with Gasteiger partial charge in [-0.25, -0.2) is 4.98 Å². The number of hydrogen-bond acceptors (Lipinski definition) is 4. The van der Waals surface area contributed by atoms with Crippen LogP contribution in [0.25, 0.3) is 0 Å². The fourth-order valence-electron chi connectivity index (χ4n) is 3.91. The Bertz CT molecular complexity index is 546. The third-order valence-electron chi connectivity index (χ3n) is 5.63. The molecule has 2 unspecified atom stereocenters. The molecule has 2 aliphatic heterocycles. The van der Waals surface area contributed by atoms with Crippen molar-refractivity contribution in [3.63, 3.8) is 0 Å². The number of aliphatic imine (C=N–C) groups is 1. The second kappa shape index (κ2) is 11.9. The Kier molecular flexibility index (Phi) is 9.84. The fourth-order valence-corrected chi connectivity index (χ4v) is 3.91. The molecule has 0 saturated carbocycles. The third-order valence-corrected chi connectivity index (χ3v) is 5.63. The largest absolute Gasteiger partial charge is 0.379 e. The van der Waals surface area contributed by atoms with Crippen LogP contribution < -0.4 is 5.32 Å². The summed E-state index contributed by atoms with van der Waals surface area (Å²) in [6.45, 7) is 10.5. The zero-order valence-electron chi connectivity index (χ0n) is 16.7. The summed E-state index contributed by atoms with van der Waals surface area (Å²) in [7, 11) is 1.89. The predicted molar refractivity (Wildman–Crippen MR) is 120 cm³/mol. The van der Waals surface area contributed by atoms with Crippen molar-refractivity contribution in [3.05, 3.63) is 18.7 Å². The number of rotatable bonds is 6. The number of piperidine rings is 1. The van der Waals surface area contributed by atoms with Crippen molar-refractivity contribution in [3.8, 4) is 0 Å². The molecule has 27 heavy (non-hydrogen) atoms. The SMILES string of the molecule is CN=C(NCCCCN1CCOCC1)N1CCC(C)C(n2ccnc2)C1.I. The minimum absolute atomic E-state index is 0. The average Bonchev–Trinajstić information content (AvgIpc) is 3.21. The van der Waals surface area contributed by atoms with E-state index in [2.05, 4.69) is 42.8 Å². The van der Waals surface area contributed by atoms with E-state index in [4.69, 9.17) is 4.74 Å². The Hall–Kier alpha value is -0.870. The fraction of sp³-hybridized carbons (Fsp3) is 0.789. The summed E-state index contributed by atoms with van der Waals surface area (Å²) in [6, 6.07) is 0.464. The zero-order chi connectivity index (χ0) is 18.2. The van der Waals surface area contributed by atoms with Crippen molar-refractivity contribution in [2.75, 3.05) is 59.5 Å². The molecule has 154 valence electrons. The van der Waals surface area contributed by atoms with E-state index in [1.807, 2.05) is 19.6 Å². The first kappa shape index (κ1) is 22.4.